The molecule has 0 aliphatic carbocycles. The average molecular weight is 440 g/mol. The molecule has 0 radical (unpaired) electrons. The molecule has 174 valence electrons. The predicted octanol–water partition coefficient (Wildman–Crippen LogP) is 2.65. The normalized spacial score (nSPS) is 20.2. The molecule has 1 saturated heterocycles. The monoisotopic (exact) mass is 439 g/mol. The molecule has 0 saturated carbocycles. The highest BCUT2D eigenvalue weighted by molar-refractivity contribution is 5.45. The summed E-state index contributed by atoms with van der Waals surface area (Å²) in [5.74, 6) is 2.24. The van der Waals surface area contributed by atoms with Crippen molar-refractivity contribution >= 4 is 0 Å². The van der Waals surface area contributed by atoms with Crippen LogP contribution in [0, 0.1) is 0 Å². The van der Waals surface area contributed by atoms with Gasteiger partial charge in [-0.15, -0.1) is 0 Å². The molecule has 6 nitrogen and oxygen atoms in total. The van der Waals surface area contributed by atoms with E-state index in [1.54, 1.807) is 7.11 Å². The summed E-state index contributed by atoms with van der Waals surface area (Å²) in [6, 6.07) is 15.1. The molecule has 1 fully saturated rings. The van der Waals surface area contributed by atoms with E-state index in [0.717, 1.165) is 76.9 Å². The number of aliphatic hydroxyl groups excluding tert-OH is 1. The van der Waals surface area contributed by atoms with Crippen molar-refractivity contribution in [2.24, 2.45) is 0 Å². The summed E-state index contributed by atoms with van der Waals surface area (Å²) >= 11 is 0. The van der Waals surface area contributed by atoms with Gasteiger partial charge in [-0.1, -0.05) is 18.2 Å². The number of β-amino-alcohol motifs (C(OH)–C–C–N with tert-alkyl or cyclic N) is 1. The summed E-state index contributed by atoms with van der Waals surface area (Å²) in [6.07, 6.45) is 1.03. The van der Waals surface area contributed by atoms with Crippen molar-refractivity contribution in [3.05, 3.63) is 59.2 Å². The Bertz CT molecular complexity index is 850. The maximum Gasteiger partial charge on any atom is 0.119 e. The Labute approximate surface area is 192 Å². The fourth-order valence-corrected chi connectivity index (χ4v) is 4.89. The smallest absolute Gasteiger partial charge is 0.119 e. The van der Waals surface area contributed by atoms with E-state index in [1.807, 2.05) is 12.1 Å². The van der Waals surface area contributed by atoms with E-state index in [1.165, 1.54) is 16.7 Å². The average Bonchev–Trinajstić information content (AvgIpc) is 2.82. The van der Waals surface area contributed by atoms with Gasteiger partial charge in [-0.05, 0) is 54.4 Å². The van der Waals surface area contributed by atoms with Crippen LogP contribution in [0.25, 0.3) is 0 Å². The van der Waals surface area contributed by atoms with Crippen LogP contribution in [-0.4, -0.2) is 93.0 Å². The Hall–Kier alpha value is -2.12. The van der Waals surface area contributed by atoms with Gasteiger partial charge in [0.1, 0.15) is 11.5 Å². The summed E-state index contributed by atoms with van der Waals surface area (Å²) in [7, 11) is 3.90. The van der Waals surface area contributed by atoms with Crippen LogP contribution < -0.4 is 9.47 Å². The molecule has 0 aromatic heterocycles. The summed E-state index contributed by atoms with van der Waals surface area (Å²) in [5, 5.41) is 9.07. The molecule has 0 spiro atoms. The van der Waals surface area contributed by atoms with Crippen LogP contribution in [0.5, 0.6) is 11.5 Å². The molecule has 1 atom stereocenters. The summed E-state index contributed by atoms with van der Waals surface area (Å²) in [6.45, 7) is 9.10. The number of hydrogen-bond donors (Lipinski definition) is 1. The van der Waals surface area contributed by atoms with Gasteiger partial charge < -0.3 is 24.4 Å². The van der Waals surface area contributed by atoms with E-state index in [4.69, 9.17) is 14.6 Å². The summed E-state index contributed by atoms with van der Waals surface area (Å²) < 4.78 is 11.4. The third-order valence-corrected chi connectivity index (χ3v) is 6.71. The molecular weight excluding hydrogens is 402 g/mol. The second kappa shape index (κ2) is 11.1. The fraction of sp³-hybridized carbons (Fsp3) is 0.538. The van der Waals surface area contributed by atoms with Crippen LogP contribution in [0.1, 0.15) is 29.0 Å². The topological polar surface area (TPSA) is 48.4 Å². The molecule has 4 rings (SSSR count). The van der Waals surface area contributed by atoms with Crippen LogP contribution in [-0.2, 0) is 6.54 Å². The molecule has 32 heavy (non-hydrogen) atoms. The van der Waals surface area contributed by atoms with E-state index in [0.29, 0.717) is 5.92 Å². The number of aliphatic hydroxyl groups is 1. The van der Waals surface area contributed by atoms with Gasteiger partial charge in [-0.2, -0.15) is 0 Å². The van der Waals surface area contributed by atoms with E-state index in [-0.39, 0.29) is 6.61 Å². The van der Waals surface area contributed by atoms with Crippen LogP contribution in [0.4, 0.5) is 0 Å². The lowest BCUT2D eigenvalue weighted by Crippen LogP contribution is -2.47. The van der Waals surface area contributed by atoms with Gasteiger partial charge in [-0.25, -0.2) is 0 Å². The minimum Gasteiger partial charge on any atom is -0.497 e. The zero-order valence-electron chi connectivity index (χ0n) is 19.5. The zero-order valence-corrected chi connectivity index (χ0v) is 19.5. The molecule has 6 heteroatoms. The van der Waals surface area contributed by atoms with E-state index < -0.39 is 0 Å². The lowest BCUT2D eigenvalue weighted by Gasteiger charge is -2.34. The van der Waals surface area contributed by atoms with Crippen molar-refractivity contribution in [1.82, 2.24) is 14.7 Å². The molecule has 0 amide bonds. The first-order chi connectivity index (χ1) is 15.7. The standard InChI is InChI=1S/C26H37N3O3/c1-27-19-22-18-24(32-17-3-10-28-11-13-29(14-12-28)15-16-30)8-9-25(22)26(20-27)21-4-6-23(31-2)7-5-21/h4-9,18,26,30H,3,10-17,19-20H2,1-2H3. The van der Waals surface area contributed by atoms with Crippen LogP contribution >= 0.6 is 0 Å². The highest BCUT2D eigenvalue weighted by atomic mass is 16.5. The quantitative estimate of drug-likeness (QED) is 0.607. The van der Waals surface area contributed by atoms with Crippen molar-refractivity contribution in [2.75, 3.05) is 73.2 Å². The zero-order chi connectivity index (χ0) is 22.3. The number of piperazine rings is 1. The second-order valence-electron chi connectivity index (χ2n) is 8.99. The molecular formula is C26H37N3O3. The SMILES string of the molecule is COc1ccc(C2CN(C)Cc3cc(OCCCN4CCN(CCO)CC4)ccc32)cc1. The van der Waals surface area contributed by atoms with Gasteiger partial charge in [0.05, 0.1) is 20.3 Å². The van der Waals surface area contributed by atoms with Gasteiger partial charge in [0, 0.05) is 58.3 Å². The maximum atomic E-state index is 9.07. The van der Waals surface area contributed by atoms with Gasteiger partial charge >= 0.3 is 0 Å². The van der Waals surface area contributed by atoms with Gasteiger partial charge in [-0.3, -0.25) is 4.90 Å². The molecule has 1 N–H and O–H groups in total. The number of likely N-dealkylation sites (N-methyl/N-ethyl adjacent to an activating group) is 1. The molecule has 0 bridgehead atoms. The molecule has 2 aliphatic rings. The van der Waals surface area contributed by atoms with E-state index in [2.05, 4.69) is 52.1 Å². The first kappa shape index (κ1) is 23.1. The Morgan fingerprint density at radius 3 is 2.31 bits per heavy atom. The van der Waals surface area contributed by atoms with Gasteiger partial charge in [0.15, 0.2) is 0 Å². The number of benzene rings is 2. The van der Waals surface area contributed by atoms with Crippen LogP contribution in [0.3, 0.4) is 0 Å². The minimum absolute atomic E-state index is 0.255. The second-order valence-corrected chi connectivity index (χ2v) is 8.99. The van der Waals surface area contributed by atoms with Crippen molar-refractivity contribution < 1.29 is 14.6 Å². The third-order valence-electron chi connectivity index (χ3n) is 6.71. The van der Waals surface area contributed by atoms with E-state index >= 15 is 0 Å². The number of ether oxygens (including phenoxy) is 2. The predicted molar refractivity (Wildman–Crippen MR) is 128 cm³/mol. The van der Waals surface area contributed by atoms with Crippen LogP contribution in [0.2, 0.25) is 0 Å². The lowest BCUT2D eigenvalue weighted by atomic mass is 9.84. The molecule has 1 unspecified atom stereocenters. The number of methoxy groups -OCH3 is 1. The number of rotatable bonds is 9. The minimum atomic E-state index is 0.255. The van der Waals surface area contributed by atoms with Gasteiger partial charge in [0.2, 0.25) is 0 Å². The largest absolute Gasteiger partial charge is 0.497 e. The summed E-state index contributed by atoms with van der Waals surface area (Å²) in [5.41, 5.74) is 4.09. The number of hydrogen-bond acceptors (Lipinski definition) is 6. The van der Waals surface area contributed by atoms with Crippen molar-refractivity contribution in [1.29, 1.82) is 0 Å². The summed E-state index contributed by atoms with van der Waals surface area (Å²) in [4.78, 5) is 7.21. The third kappa shape index (κ3) is 5.81. The molecule has 2 heterocycles. The first-order valence-corrected chi connectivity index (χ1v) is 11.8. The fourth-order valence-electron chi connectivity index (χ4n) is 4.89. The van der Waals surface area contributed by atoms with Crippen LogP contribution in [0.15, 0.2) is 42.5 Å². The molecule has 2 aromatic rings. The van der Waals surface area contributed by atoms with Crippen molar-refractivity contribution in [3.8, 4) is 11.5 Å². The molecule has 2 aliphatic heterocycles. The maximum absolute atomic E-state index is 9.07. The Balaban J connectivity index is 1.30. The van der Waals surface area contributed by atoms with Crippen molar-refractivity contribution in [2.45, 2.75) is 18.9 Å². The highest BCUT2D eigenvalue weighted by Crippen LogP contribution is 2.35. The van der Waals surface area contributed by atoms with Gasteiger partial charge in [0.25, 0.3) is 0 Å². The molecule has 2 aromatic carbocycles. The Morgan fingerprint density at radius 1 is 0.938 bits per heavy atom. The number of fused-ring (bicyclic) bond motifs is 1. The highest BCUT2D eigenvalue weighted by Gasteiger charge is 2.25. The first-order valence-electron chi connectivity index (χ1n) is 11.8. The van der Waals surface area contributed by atoms with E-state index in [9.17, 15) is 0 Å². The lowest BCUT2D eigenvalue weighted by molar-refractivity contribution is 0.108. The van der Waals surface area contributed by atoms with Crippen molar-refractivity contribution in [3.63, 3.8) is 0 Å². The Morgan fingerprint density at radius 2 is 1.62 bits per heavy atom. The number of nitrogens with zero attached hydrogens (tertiary/aromatic N) is 3. The Kier molecular flexibility index (Phi) is 8.03.